The van der Waals surface area contributed by atoms with Crippen molar-refractivity contribution < 1.29 is 28.8 Å². The van der Waals surface area contributed by atoms with Gasteiger partial charge in [0.2, 0.25) is 0 Å². The van der Waals surface area contributed by atoms with Gasteiger partial charge in [-0.3, -0.25) is 0 Å². The van der Waals surface area contributed by atoms with Gasteiger partial charge in [0.15, 0.2) is 6.10 Å². The number of benzene rings is 2. The molecule has 0 aliphatic carbocycles. The Balaban J connectivity index is 1.32. The molecule has 0 bridgehead atoms. The minimum Gasteiger partial charge on any atom is -0.489 e. The third-order valence-electron chi connectivity index (χ3n) is 4.58. The molecule has 0 radical (unpaired) electrons. The summed E-state index contributed by atoms with van der Waals surface area (Å²) in [5.41, 5.74) is 1.50. The van der Waals surface area contributed by atoms with Crippen molar-refractivity contribution in [3.63, 3.8) is 0 Å². The molecule has 0 aromatic heterocycles. The summed E-state index contributed by atoms with van der Waals surface area (Å²) in [6, 6.07) is 16.7. The molecule has 6 nitrogen and oxygen atoms in total. The maximum atomic E-state index is 12.3. The molecule has 0 amide bonds. The summed E-state index contributed by atoms with van der Waals surface area (Å²) in [4.78, 5) is 12.3. The fraction of sp³-hybridized carbons (Fsp3) is 0.350. The highest BCUT2D eigenvalue weighted by Gasteiger charge is 2.48. The van der Waals surface area contributed by atoms with Crippen LogP contribution < -0.4 is 4.74 Å². The smallest absolute Gasteiger partial charge is 0.338 e. The fourth-order valence-electron chi connectivity index (χ4n) is 3.18. The van der Waals surface area contributed by atoms with Gasteiger partial charge in [0.1, 0.15) is 30.7 Å². The van der Waals surface area contributed by atoms with Gasteiger partial charge in [-0.15, -0.1) is 0 Å². The number of aliphatic hydroxyl groups excluding tert-OH is 1. The topological polar surface area (TPSA) is 74.2 Å². The maximum Gasteiger partial charge on any atom is 0.338 e. The van der Waals surface area contributed by atoms with Gasteiger partial charge in [-0.05, 0) is 29.8 Å². The number of rotatable bonds is 5. The zero-order chi connectivity index (χ0) is 17.9. The summed E-state index contributed by atoms with van der Waals surface area (Å²) in [7, 11) is 0. The normalized spacial score (nSPS) is 27.1. The molecule has 4 rings (SSSR count). The van der Waals surface area contributed by atoms with E-state index in [1.54, 1.807) is 24.3 Å². The number of hydrogen-bond donors (Lipinski definition) is 1. The Labute approximate surface area is 151 Å². The molecule has 2 aliphatic rings. The van der Waals surface area contributed by atoms with Crippen LogP contribution in [0.25, 0.3) is 0 Å². The van der Waals surface area contributed by atoms with Gasteiger partial charge in [0.25, 0.3) is 0 Å². The lowest BCUT2D eigenvalue weighted by Gasteiger charge is -2.16. The summed E-state index contributed by atoms with van der Waals surface area (Å²) in [5, 5.41) is 9.73. The van der Waals surface area contributed by atoms with Crippen LogP contribution in [0.15, 0.2) is 54.6 Å². The van der Waals surface area contributed by atoms with E-state index in [1.165, 1.54) is 0 Å². The van der Waals surface area contributed by atoms with Crippen LogP contribution in [0.2, 0.25) is 0 Å². The molecule has 136 valence electrons. The Morgan fingerprint density at radius 3 is 2.50 bits per heavy atom. The van der Waals surface area contributed by atoms with Gasteiger partial charge < -0.3 is 24.1 Å². The first kappa shape index (κ1) is 17.0. The van der Waals surface area contributed by atoms with E-state index < -0.39 is 30.4 Å². The first-order valence-electron chi connectivity index (χ1n) is 8.60. The van der Waals surface area contributed by atoms with Crippen molar-refractivity contribution in [3.05, 3.63) is 65.7 Å². The van der Waals surface area contributed by atoms with E-state index in [0.29, 0.717) is 17.9 Å². The van der Waals surface area contributed by atoms with Gasteiger partial charge in [0.05, 0.1) is 18.8 Å². The van der Waals surface area contributed by atoms with Crippen LogP contribution >= 0.6 is 0 Å². The SMILES string of the molecule is O=C(O[C@@H]1CO[C@H]2C1OC[C@@H]2O)c1ccc(OCc2ccccc2)cc1. The molecular weight excluding hydrogens is 336 g/mol. The van der Waals surface area contributed by atoms with Gasteiger partial charge in [0, 0.05) is 0 Å². The summed E-state index contributed by atoms with van der Waals surface area (Å²) < 4.78 is 22.1. The Kier molecular flexibility index (Phi) is 4.88. The highest BCUT2D eigenvalue weighted by Crippen LogP contribution is 2.29. The maximum absolute atomic E-state index is 12.3. The average Bonchev–Trinajstić information content (AvgIpc) is 3.25. The monoisotopic (exact) mass is 356 g/mol. The van der Waals surface area contributed by atoms with Crippen molar-refractivity contribution in [1.29, 1.82) is 0 Å². The number of carbonyl (C=O) groups is 1. The molecule has 26 heavy (non-hydrogen) atoms. The molecule has 0 saturated carbocycles. The lowest BCUT2D eigenvalue weighted by molar-refractivity contribution is -0.0209. The second-order valence-electron chi connectivity index (χ2n) is 6.41. The number of esters is 1. The zero-order valence-corrected chi connectivity index (χ0v) is 14.1. The van der Waals surface area contributed by atoms with E-state index in [9.17, 15) is 9.90 Å². The van der Waals surface area contributed by atoms with E-state index in [-0.39, 0.29) is 13.2 Å². The van der Waals surface area contributed by atoms with Gasteiger partial charge in [-0.1, -0.05) is 30.3 Å². The fourth-order valence-corrected chi connectivity index (χ4v) is 3.18. The number of carbonyl (C=O) groups excluding carboxylic acids is 1. The molecule has 4 atom stereocenters. The third-order valence-corrected chi connectivity index (χ3v) is 4.58. The standard InChI is InChI=1S/C20H20O6/c21-16-11-24-19-17(12-25-18(16)19)26-20(22)14-6-8-15(9-7-14)23-10-13-4-2-1-3-5-13/h1-9,16-19,21H,10-12H2/t16-,17+,18+,19?/m0/s1. The van der Waals surface area contributed by atoms with Crippen LogP contribution in [0.4, 0.5) is 0 Å². The Bertz CT molecular complexity index is 745. The van der Waals surface area contributed by atoms with Crippen molar-refractivity contribution in [3.8, 4) is 5.75 Å². The lowest BCUT2D eigenvalue weighted by atomic mass is 10.1. The van der Waals surface area contributed by atoms with Crippen LogP contribution in [-0.4, -0.2) is 48.7 Å². The van der Waals surface area contributed by atoms with E-state index in [2.05, 4.69) is 0 Å². The molecule has 1 unspecified atom stereocenters. The molecule has 2 fully saturated rings. The molecule has 6 heteroatoms. The lowest BCUT2D eigenvalue weighted by Crippen LogP contribution is -2.34. The van der Waals surface area contributed by atoms with Crippen LogP contribution in [0.5, 0.6) is 5.75 Å². The van der Waals surface area contributed by atoms with Crippen LogP contribution in [-0.2, 0) is 20.8 Å². The Hall–Kier alpha value is -2.41. The summed E-state index contributed by atoms with van der Waals surface area (Å²) in [6.07, 6.45) is -1.98. The summed E-state index contributed by atoms with van der Waals surface area (Å²) in [6.45, 7) is 0.903. The minimum atomic E-state index is -0.662. The van der Waals surface area contributed by atoms with Gasteiger partial charge in [-0.2, -0.15) is 0 Å². The molecule has 2 aromatic rings. The number of fused-ring (bicyclic) bond motifs is 1. The molecule has 2 saturated heterocycles. The van der Waals surface area contributed by atoms with Gasteiger partial charge in [-0.25, -0.2) is 4.79 Å². The molecule has 2 heterocycles. The summed E-state index contributed by atoms with van der Waals surface area (Å²) >= 11 is 0. The van der Waals surface area contributed by atoms with Crippen molar-refractivity contribution in [2.24, 2.45) is 0 Å². The highest BCUT2D eigenvalue weighted by atomic mass is 16.6. The van der Waals surface area contributed by atoms with Crippen LogP contribution in [0.1, 0.15) is 15.9 Å². The number of ether oxygens (including phenoxy) is 4. The number of hydrogen-bond acceptors (Lipinski definition) is 6. The average molecular weight is 356 g/mol. The Morgan fingerprint density at radius 1 is 1.00 bits per heavy atom. The largest absolute Gasteiger partial charge is 0.489 e. The number of aliphatic hydroxyl groups is 1. The zero-order valence-electron chi connectivity index (χ0n) is 14.1. The van der Waals surface area contributed by atoms with E-state index >= 15 is 0 Å². The minimum absolute atomic E-state index is 0.205. The van der Waals surface area contributed by atoms with Crippen LogP contribution in [0, 0.1) is 0 Å². The van der Waals surface area contributed by atoms with Crippen LogP contribution in [0.3, 0.4) is 0 Å². The third kappa shape index (κ3) is 3.58. The second-order valence-corrected chi connectivity index (χ2v) is 6.41. The van der Waals surface area contributed by atoms with E-state index in [4.69, 9.17) is 18.9 Å². The molecule has 2 aliphatic heterocycles. The summed E-state index contributed by atoms with van der Waals surface area (Å²) in [5.74, 6) is 0.232. The van der Waals surface area contributed by atoms with E-state index in [0.717, 1.165) is 5.56 Å². The predicted molar refractivity (Wildman–Crippen MR) is 91.9 cm³/mol. The van der Waals surface area contributed by atoms with Crippen molar-refractivity contribution >= 4 is 5.97 Å². The van der Waals surface area contributed by atoms with Crippen molar-refractivity contribution in [2.75, 3.05) is 13.2 Å². The molecule has 2 aromatic carbocycles. The van der Waals surface area contributed by atoms with Gasteiger partial charge >= 0.3 is 5.97 Å². The Morgan fingerprint density at radius 2 is 1.73 bits per heavy atom. The van der Waals surface area contributed by atoms with Crippen molar-refractivity contribution in [2.45, 2.75) is 31.0 Å². The first-order valence-corrected chi connectivity index (χ1v) is 8.60. The molecule has 1 N–H and O–H groups in total. The predicted octanol–water partition coefficient (Wildman–Crippen LogP) is 1.95. The quantitative estimate of drug-likeness (QED) is 0.826. The molecule has 0 spiro atoms. The first-order chi connectivity index (χ1) is 12.7. The second kappa shape index (κ2) is 7.45. The van der Waals surface area contributed by atoms with Crippen molar-refractivity contribution in [1.82, 2.24) is 0 Å². The highest BCUT2D eigenvalue weighted by molar-refractivity contribution is 5.89. The molecular formula is C20H20O6. The van der Waals surface area contributed by atoms with E-state index in [1.807, 2.05) is 30.3 Å².